The molecule has 2 amide bonds. The van der Waals surface area contributed by atoms with Crippen LogP contribution >= 0.6 is 0 Å². The van der Waals surface area contributed by atoms with Crippen molar-refractivity contribution in [3.8, 4) is 5.75 Å². The monoisotopic (exact) mass is 396 g/mol. The second-order valence-electron chi connectivity index (χ2n) is 7.09. The van der Waals surface area contributed by atoms with Crippen molar-refractivity contribution < 1.29 is 14.3 Å². The quantitative estimate of drug-likeness (QED) is 0.712. The van der Waals surface area contributed by atoms with Crippen molar-refractivity contribution in [3.63, 3.8) is 0 Å². The highest BCUT2D eigenvalue weighted by atomic mass is 16.5. The Morgan fingerprint density at radius 3 is 2.31 bits per heavy atom. The van der Waals surface area contributed by atoms with E-state index in [9.17, 15) is 9.59 Å². The van der Waals surface area contributed by atoms with Gasteiger partial charge in [0, 0.05) is 32.7 Å². The number of piperazine rings is 1. The SMILES string of the molecule is CCOc1ccc(CN2CCN(CC(=O)Nc3ccccc3C(N)=O)CC2)cc1. The first kappa shape index (κ1) is 20.8. The number of anilines is 1. The van der Waals surface area contributed by atoms with E-state index in [2.05, 4.69) is 27.2 Å². The minimum atomic E-state index is -0.552. The van der Waals surface area contributed by atoms with Crippen LogP contribution in [0.2, 0.25) is 0 Å². The highest BCUT2D eigenvalue weighted by Gasteiger charge is 2.20. The summed E-state index contributed by atoms with van der Waals surface area (Å²) < 4.78 is 5.48. The molecule has 1 heterocycles. The molecule has 2 aromatic carbocycles. The van der Waals surface area contributed by atoms with Gasteiger partial charge in [-0.2, -0.15) is 0 Å². The maximum atomic E-state index is 12.4. The molecule has 3 rings (SSSR count). The third-order valence-corrected chi connectivity index (χ3v) is 4.94. The summed E-state index contributed by atoms with van der Waals surface area (Å²) in [7, 11) is 0. The molecule has 1 fully saturated rings. The number of benzene rings is 2. The molecule has 154 valence electrons. The highest BCUT2D eigenvalue weighted by Crippen LogP contribution is 2.16. The first-order chi connectivity index (χ1) is 14.0. The molecule has 0 atom stereocenters. The summed E-state index contributed by atoms with van der Waals surface area (Å²) in [5, 5.41) is 2.80. The number of nitrogens with zero attached hydrogens (tertiary/aromatic N) is 2. The van der Waals surface area contributed by atoms with E-state index in [0.29, 0.717) is 24.4 Å². The number of carbonyl (C=O) groups is 2. The lowest BCUT2D eigenvalue weighted by molar-refractivity contribution is -0.117. The van der Waals surface area contributed by atoms with Gasteiger partial charge < -0.3 is 15.8 Å². The molecular formula is C22H28N4O3. The zero-order chi connectivity index (χ0) is 20.6. The lowest BCUT2D eigenvalue weighted by Gasteiger charge is -2.34. The van der Waals surface area contributed by atoms with Crippen molar-refractivity contribution in [2.45, 2.75) is 13.5 Å². The summed E-state index contributed by atoms with van der Waals surface area (Å²) in [6.45, 7) is 7.27. The third-order valence-electron chi connectivity index (χ3n) is 4.94. The van der Waals surface area contributed by atoms with Crippen molar-refractivity contribution in [3.05, 3.63) is 59.7 Å². The van der Waals surface area contributed by atoms with Crippen LogP contribution < -0.4 is 15.8 Å². The van der Waals surface area contributed by atoms with Gasteiger partial charge in [0.25, 0.3) is 5.91 Å². The number of hydrogen-bond acceptors (Lipinski definition) is 5. The zero-order valence-electron chi connectivity index (χ0n) is 16.8. The average molecular weight is 396 g/mol. The van der Waals surface area contributed by atoms with Crippen molar-refractivity contribution in [2.24, 2.45) is 5.73 Å². The highest BCUT2D eigenvalue weighted by molar-refractivity contribution is 6.03. The van der Waals surface area contributed by atoms with Gasteiger partial charge in [-0.15, -0.1) is 0 Å². The minimum absolute atomic E-state index is 0.140. The molecule has 0 spiro atoms. The number of hydrogen-bond donors (Lipinski definition) is 2. The minimum Gasteiger partial charge on any atom is -0.494 e. The fourth-order valence-electron chi connectivity index (χ4n) is 3.42. The summed E-state index contributed by atoms with van der Waals surface area (Å²) in [4.78, 5) is 28.4. The van der Waals surface area contributed by atoms with Crippen molar-refractivity contribution in [2.75, 3.05) is 44.6 Å². The largest absolute Gasteiger partial charge is 0.494 e. The van der Waals surface area contributed by atoms with Gasteiger partial charge >= 0.3 is 0 Å². The Morgan fingerprint density at radius 2 is 1.66 bits per heavy atom. The predicted octanol–water partition coefficient (Wildman–Crippen LogP) is 1.94. The van der Waals surface area contributed by atoms with Gasteiger partial charge in [-0.05, 0) is 36.8 Å². The maximum absolute atomic E-state index is 12.4. The number of para-hydroxylation sites is 1. The van der Waals surface area contributed by atoms with Gasteiger partial charge in [0.1, 0.15) is 5.75 Å². The number of nitrogens with one attached hydrogen (secondary N) is 1. The Labute approximate surface area is 171 Å². The summed E-state index contributed by atoms with van der Waals surface area (Å²) in [6, 6.07) is 15.0. The molecule has 0 unspecified atom stereocenters. The molecule has 0 saturated carbocycles. The Balaban J connectivity index is 1.45. The number of rotatable bonds is 8. The van der Waals surface area contributed by atoms with Crippen LogP contribution in [0, 0.1) is 0 Å². The summed E-state index contributed by atoms with van der Waals surface area (Å²) in [5.41, 5.74) is 7.39. The second-order valence-corrected chi connectivity index (χ2v) is 7.09. The molecule has 7 heteroatoms. The van der Waals surface area contributed by atoms with Crippen LogP contribution in [0.15, 0.2) is 48.5 Å². The van der Waals surface area contributed by atoms with Crippen LogP contribution in [-0.2, 0) is 11.3 Å². The Kier molecular flexibility index (Phi) is 7.21. The van der Waals surface area contributed by atoms with E-state index in [1.54, 1.807) is 24.3 Å². The fourth-order valence-corrected chi connectivity index (χ4v) is 3.42. The Hall–Kier alpha value is -2.90. The molecule has 7 nitrogen and oxygen atoms in total. The molecule has 1 aliphatic heterocycles. The van der Waals surface area contributed by atoms with Crippen LogP contribution in [0.4, 0.5) is 5.69 Å². The van der Waals surface area contributed by atoms with Crippen LogP contribution in [0.3, 0.4) is 0 Å². The van der Waals surface area contributed by atoms with Gasteiger partial charge in [0.2, 0.25) is 5.91 Å². The fraction of sp³-hybridized carbons (Fsp3) is 0.364. The van der Waals surface area contributed by atoms with Gasteiger partial charge in [-0.25, -0.2) is 0 Å². The van der Waals surface area contributed by atoms with Crippen molar-refractivity contribution >= 4 is 17.5 Å². The third kappa shape index (κ3) is 6.04. The normalized spacial score (nSPS) is 15.1. The summed E-state index contributed by atoms with van der Waals surface area (Å²) in [5.74, 6) is 0.201. The first-order valence-electron chi connectivity index (χ1n) is 9.90. The van der Waals surface area contributed by atoms with E-state index >= 15 is 0 Å². The maximum Gasteiger partial charge on any atom is 0.250 e. The van der Waals surface area contributed by atoms with Crippen molar-refractivity contribution in [1.82, 2.24) is 9.80 Å². The van der Waals surface area contributed by atoms with Crippen LogP contribution in [-0.4, -0.2) is 60.9 Å². The lowest BCUT2D eigenvalue weighted by Crippen LogP contribution is -2.48. The van der Waals surface area contributed by atoms with E-state index in [-0.39, 0.29) is 5.91 Å². The number of amides is 2. The summed E-state index contributed by atoms with van der Waals surface area (Å²) >= 11 is 0. The van der Waals surface area contributed by atoms with Gasteiger partial charge in [-0.1, -0.05) is 24.3 Å². The topological polar surface area (TPSA) is 87.9 Å². The molecule has 1 aliphatic rings. The van der Waals surface area contributed by atoms with Crippen LogP contribution in [0.1, 0.15) is 22.8 Å². The Morgan fingerprint density at radius 1 is 1.00 bits per heavy atom. The number of nitrogens with two attached hydrogens (primary N) is 1. The van der Waals surface area contributed by atoms with E-state index in [1.165, 1.54) is 5.56 Å². The second kappa shape index (κ2) is 10.0. The van der Waals surface area contributed by atoms with Gasteiger partial charge in [0.05, 0.1) is 24.4 Å². The standard InChI is InChI=1S/C22H28N4O3/c1-2-29-18-9-7-17(8-10-18)15-25-11-13-26(14-12-25)16-21(27)24-20-6-4-3-5-19(20)22(23)28/h3-10H,2,11-16H2,1H3,(H2,23,28)(H,24,27). The van der Waals surface area contributed by atoms with E-state index < -0.39 is 5.91 Å². The van der Waals surface area contributed by atoms with Crippen molar-refractivity contribution in [1.29, 1.82) is 0 Å². The number of primary amides is 1. The van der Waals surface area contributed by atoms with Gasteiger partial charge in [0.15, 0.2) is 0 Å². The molecule has 29 heavy (non-hydrogen) atoms. The average Bonchev–Trinajstić information content (AvgIpc) is 2.71. The molecule has 2 aromatic rings. The summed E-state index contributed by atoms with van der Waals surface area (Å²) in [6.07, 6.45) is 0. The van der Waals surface area contributed by atoms with Gasteiger partial charge in [-0.3, -0.25) is 19.4 Å². The van der Waals surface area contributed by atoms with E-state index in [0.717, 1.165) is 38.5 Å². The molecule has 0 bridgehead atoms. The molecular weight excluding hydrogens is 368 g/mol. The zero-order valence-corrected chi connectivity index (χ0v) is 16.8. The molecule has 0 aromatic heterocycles. The lowest BCUT2D eigenvalue weighted by atomic mass is 10.1. The molecule has 0 radical (unpaired) electrons. The van der Waals surface area contributed by atoms with E-state index in [4.69, 9.17) is 10.5 Å². The van der Waals surface area contributed by atoms with E-state index in [1.807, 2.05) is 19.1 Å². The molecule has 0 aliphatic carbocycles. The van der Waals surface area contributed by atoms with Crippen LogP contribution in [0.5, 0.6) is 5.75 Å². The van der Waals surface area contributed by atoms with Crippen LogP contribution in [0.25, 0.3) is 0 Å². The molecule has 1 saturated heterocycles. The predicted molar refractivity (Wildman–Crippen MR) is 113 cm³/mol. The molecule has 3 N–H and O–H groups in total. The first-order valence-corrected chi connectivity index (χ1v) is 9.90. The number of ether oxygens (including phenoxy) is 1. The number of carbonyl (C=O) groups excluding carboxylic acids is 2. The smallest absolute Gasteiger partial charge is 0.250 e. The Bertz CT molecular complexity index is 830.